The Kier molecular flexibility index (Phi) is 4.30. The second kappa shape index (κ2) is 6.89. The van der Waals surface area contributed by atoms with Gasteiger partial charge in [0.15, 0.2) is 0 Å². The van der Waals surface area contributed by atoms with E-state index in [4.69, 9.17) is 0 Å². The lowest BCUT2D eigenvalue weighted by molar-refractivity contribution is 0.0791. The molecule has 1 atom stereocenters. The van der Waals surface area contributed by atoms with E-state index in [9.17, 15) is 4.79 Å². The van der Waals surface area contributed by atoms with Crippen molar-refractivity contribution in [1.29, 1.82) is 0 Å². The van der Waals surface area contributed by atoms with Crippen LogP contribution in [-0.4, -0.2) is 28.9 Å². The van der Waals surface area contributed by atoms with E-state index in [0.29, 0.717) is 5.92 Å². The smallest absolute Gasteiger partial charge is 0.253 e. The van der Waals surface area contributed by atoms with Gasteiger partial charge in [0.25, 0.3) is 5.91 Å². The van der Waals surface area contributed by atoms with Crippen molar-refractivity contribution in [1.82, 2.24) is 9.88 Å². The number of amides is 1. The molecule has 1 fully saturated rings. The Morgan fingerprint density at radius 1 is 0.920 bits per heavy atom. The van der Waals surface area contributed by atoms with Crippen LogP contribution in [-0.2, 0) is 0 Å². The minimum absolute atomic E-state index is 0.117. The van der Waals surface area contributed by atoms with E-state index in [1.54, 1.807) is 6.20 Å². The molecule has 25 heavy (non-hydrogen) atoms. The third-order valence-electron chi connectivity index (χ3n) is 4.87. The van der Waals surface area contributed by atoms with Crippen LogP contribution >= 0.6 is 0 Å². The van der Waals surface area contributed by atoms with Crippen molar-refractivity contribution in [3.63, 3.8) is 0 Å². The maximum Gasteiger partial charge on any atom is 0.253 e. The number of nitrogens with zero attached hydrogens (tertiary/aromatic N) is 2. The molecule has 0 bridgehead atoms. The van der Waals surface area contributed by atoms with Gasteiger partial charge in [-0.1, -0.05) is 48.5 Å². The number of carbonyl (C=O) groups is 1. The van der Waals surface area contributed by atoms with Crippen LogP contribution in [0.3, 0.4) is 0 Å². The maximum atomic E-state index is 12.8. The highest BCUT2D eigenvalue weighted by Crippen LogP contribution is 2.28. The van der Waals surface area contributed by atoms with Crippen LogP contribution in [0.1, 0.15) is 28.3 Å². The normalized spacial score (nSPS) is 16.8. The number of hydrogen-bond donors (Lipinski definition) is 0. The number of benzene rings is 2. The van der Waals surface area contributed by atoms with E-state index in [-0.39, 0.29) is 5.91 Å². The Balaban J connectivity index is 1.46. The van der Waals surface area contributed by atoms with Gasteiger partial charge in [0.1, 0.15) is 0 Å². The predicted molar refractivity (Wildman–Crippen MR) is 99.4 cm³/mol. The quantitative estimate of drug-likeness (QED) is 0.715. The summed E-state index contributed by atoms with van der Waals surface area (Å²) in [6.07, 6.45) is 4.70. The van der Waals surface area contributed by atoms with Gasteiger partial charge in [0, 0.05) is 37.0 Å². The van der Waals surface area contributed by atoms with E-state index in [2.05, 4.69) is 23.2 Å². The lowest BCUT2D eigenvalue weighted by Crippen LogP contribution is -2.28. The van der Waals surface area contributed by atoms with Gasteiger partial charge in [-0.15, -0.1) is 0 Å². The SMILES string of the molecule is O=C(c1ccc(-c2ccccc2)cc1)N1CCC(c2cccnc2)C1. The number of likely N-dealkylation sites (tertiary alicyclic amines) is 1. The van der Waals surface area contributed by atoms with Crippen LogP contribution in [0.5, 0.6) is 0 Å². The second-order valence-corrected chi connectivity index (χ2v) is 6.47. The molecule has 3 aromatic rings. The van der Waals surface area contributed by atoms with E-state index < -0.39 is 0 Å². The van der Waals surface area contributed by atoms with Crippen LogP contribution in [0, 0.1) is 0 Å². The number of aromatic nitrogens is 1. The fraction of sp³-hybridized carbons (Fsp3) is 0.182. The van der Waals surface area contributed by atoms with Crippen LogP contribution in [0.2, 0.25) is 0 Å². The van der Waals surface area contributed by atoms with Crippen molar-refractivity contribution in [3.8, 4) is 11.1 Å². The summed E-state index contributed by atoms with van der Waals surface area (Å²) in [5.74, 6) is 0.507. The molecule has 2 heterocycles. The molecule has 1 amide bonds. The molecular formula is C22H20N2O. The lowest BCUT2D eigenvalue weighted by Gasteiger charge is -2.17. The zero-order chi connectivity index (χ0) is 17.1. The lowest BCUT2D eigenvalue weighted by atomic mass is 10.0. The Morgan fingerprint density at radius 2 is 1.68 bits per heavy atom. The van der Waals surface area contributed by atoms with Crippen LogP contribution < -0.4 is 0 Å². The summed E-state index contributed by atoms with van der Waals surface area (Å²) in [5.41, 5.74) is 4.27. The molecular weight excluding hydrogens is 308 g/mol. The summed E-state index contributed by atoms with van der Waals surface area (Å²) in [6, 6.07) is 22.2. The number of hydrogen-bond acceptors (Lipinski definition) is 2. The standard InChI is InChI=1S/C22H20N2O/c25-22(24-14-12-21(16-24)20-7-4-13-23-15-20)19-10-8-18(9-11-19)17-5-2-1-3-6-17/h1-11,13,15,21H,12,14,16H2. The Hall–Kier alpha value is -2.94. The van der Waals surface area contributed by atoms with Crippen molar-refractivity contribution in [2.24, 2.45) is 0 Å². The Labute approximate surface area is 148 Å². The fourth-order valence-corrected chi connectivity index (χ4v) is 3.45. The number of pyridine rings is 1. The second-order valence-electron chi connectivity index (χ2n) is 6.47. The molecule has 2 aromatic carbocycles. The van der Waals surface area contributed by atoms with Crippen LogP contribution in [0.4, 0.5) is 0 Å². The van der Waals surface area contributed by atoms with Gasteiger partial charge in [-0.25, -0.2) is 0 Å². The van der Waals surface area contributed by atoms with Crippen LogP contribution in [0.15, 0.2) is 79.1 Å². The Morgan fingerprint density at radius 3 is 2.40 bits per heavy atom. The first-order valence-corrected chi connectivity index (χ1v) is 8.66. The van der Waals surface area contributed by atoms with Crippen molar-refractivity contribution in [3.05, 3.63) is 90.3 Å². The van der Waals surface area contributed by atoms with E-state index >= 15 is 0 Å². The first kappa shape index (κ1) is 15.6. The van der Waals surface area contributed by atoms with Crippen LogP contribution in [0.25, 0.3) is 11.1 Å². The maximum absolute atomic E-state index is 12.8. The van der Waals surface area contributed by atoms with Gasteiger partial charge < -0.3 is 4.90 Å². The molecule has 0 N–H and O–H groups in total. The summed E-state index contributed by atoms with van der Waals surface area (Å²) in [7, 11) is 0. The number of rotatable bonds is 3. The average Bonchev–Trinajstić information content (AvgIpc) is 3.19. The molecule has 0 radical (unpaired) electrons. The molecule has 124 valence electrons. The molecule has 1 aliphatic heterocycles. The molecule has 0 spiro atoms. The van der Waals surface area contributed by atoms with E-state index in [1.807, 2.05) is 59.6 Å². The highest BCUT2D eigenvalue weighted by Gasteiger charge is 2.27. The molecule has 0 aliphatic carbocycles. The predicted octanol–water partition coefficient (Wildman–Crippen LogP) is 4.38. The van der Waals surface area contributed by atoms with Gasteiger partial charge >= 0.3 is 0 Å². The molecule has 1 unspecified atom stereocenters. The molecule has 1 aromatic heterocycles. The molecule has 3 nitrogen and oxygen atoms in total. The van der Waals surface area contributed by atoms with Crippen molar-refractivity contribution in [2.45, 2.75) is 12.3 Å². The van der Waals surface area contributed by atoms with Crippen molar-refractivity contribution >= 4 is 5.91 Å². The number of carbonyl (C=O) groups excluding carboxylic acids is 1. The highest BCUT2D eigenvalue weighted by molar-refractivity contribution is 5.95. The monoisotopic (exact) mass is 328 g/mol. The zero-order valence-electron chi connectivity index (χ0n) is 14.0. The van der Waals surface area contributed by atoms with Gasteiger partial charge in [-0.05, 0) is 41.3 Å². The van der Waals surface area contributed by atoms with Crippen molar-refractivity contribution in [2.75, 3.05) is 13.1 Å². The Bertz CT molecular complexity index is 844. The minimum Gasteiger partial charge on any atom is -0.338 e. The third-order valence-corrected chi connectivity index (χ3v) is 4.87. The zero-order valence-corrected chi connectivity index (χ0v) is 14.0. The molecule has 1 aliphatic rings. The average molecular weight is 328 g/mol. The summed E-state index contributed by atoms with van der Waals surface area (Å²) < 4.78 is 0. The fourth-order valence-electron chi connectivity index (χ4n) is 3.45. The topological polar surface area (TPSA) is 33.2 Å². The van der Waals surface area contributed by atoms with E-state index in [1.165, 1.54) is 11.1 Å². The largest absolute Gasteiger partial charge is 0.338 e. The molecule has 1 saturated heterocycles. The minimum atomic E-state index is 0.117. The first-order chi connectivity index (χ1) is 12.3. The van der Waals surface area contributed by atoms with Gasteiger partial charge in [0.2, 0.25) is 0 Å². The molecule has 4 rings (SSSR count). The first-order valence-electron chi connectivity index (χ1n) is 8.66. The summed E-state index contributed by atoms with van der Waals surface area (Å²) >= 11 is 0. The van der Waals surface area contributed by atoms with Gasteiger partial charge in [0.05, 0.1) is 0 Å². The highest BCUT2D eigenvalue weighted by atomic mass is 16.2. The summed E-state index contributed by atoms with van der Waals surface area (Å²) in [4.78, 5) is 18.9. The molecule has 3 heteroatoms. The van der Waals surface area contributed by atoms with Gasteiger partial charge in [-0.3, -0.25) is 9.78 Å². The van der Waals surface area contributed by atoms with Crippen molar-refractivity contribution < 1.29 is 4.79 Å². The summed E-state index contributed by atoms with van der Waals surface area (Å²) in [5, 5.41) is 0. The third kappa shape index (κ3) is 3.31. The molecule has 0 saturated carbocycles. The van der Waals surface area contributed by atoms with Gasteiger partial charge in [-0.2, -0.15) is 0 Å². The van der Waals surface area contributed by atoms with E-state index in [0.717, 1.165) is 30.6 Å². The summed E-state index contributed by atoms with van der Waals surface area (Å²) in [6.45, 7) is 1.57.